The van der Waals surface area contributed by atoms with E-state index in [0.29, 0.717) is 29.3 Å². The van der Waals surface area contributed by atoms with Gasteiger partial charge in [-0.1, -0.05) is 24.1 Å². The normalized spacial score (nSPS) is 28.3. The van der Waals surface area contributed by atoms with E-state index in [1.54, 1.807) is 11.3 Å². The maximum atomic E-state index is 13.8. The van der Waals surface area contributed by atoms with E-state index in [4.69, 9.17) is 16.3 Å². The quantitative estimate of drug-likeness (QED) is 0.444. The standard InChI is InChI=1S/C25H32ClN5O3S/c1-25(20-6-5-13-35-20,30-9-3-2-4-10-30)24(33)34-19-16-31(11-7-18(19)8-12-31)17-23(32)29-22-15-27-14-21(26)28-22/h5-6,13-15,18-19H,2-4,7-12,16-17H2,1H3/p+1/t18?,19-,25?,31?/m0/s1. The van der Waals surface area contributed by atoms with Crippen molar-refractivity contribution in [2.24, 2.45) is 5.92 Å². The van der Waals surface area contributed by atoms with Gasteiger partial charge in [0.05, 0.1) is 25.5 Å². The van der Waals surface area contributed by atoms with Crippen LogP contribution < -0.4 is 5.32 Å². The molecule has 1 unspecified atom stereocenters. The van der Waals surface area contributed by atoms with Crippen molar-refractivity contribution in [3.63, 3.8) is 0 Å². The topological polar surface area (TPSA) is 84.4 Å². The van der Waals surface area contributed by atoms with Crippen LogP contribution in [0.25, 0.3) is 0 Å². The van der Waals surface area contributed by atoms with Crippen LogP contribution in [0.4, 0.5) is 5.82 Å². The van der Waals surface area contributed by atoms with Crippen LogP contribution in [-0.2, 0) is 19.9 Å². The summed E-state index contributed by atoms with van der Waals surface area (Å²) in [5, 5.41) is 5.09. The van der Waals surface area contributed by atoms with Crippen LogP contribution in [0.1, 0.15) is 43.9 Å². The Bertz CT molecular complexity index is 1050. The highest BCUT2D eigenvalue weighted by Crippen LogP contribution is 2.39. The van der Waals surface area contributed by atoms with Gasteiger partial charge in [0.25, 0.3) is 5.91 Å². The third kappa shape index (κ3) is 5.09. The number of fused-ring (bicyclic) bond motifs is 3. The average molecular weight is 519 g/mol. The molecule has 0 spiro atoms. The number of piperidine rings is 4. The number of hydrogen-bond donors (Lipinski definition) is 1. The highest BCUT2D eigenvalue weighted by atomic mass is 35.5. The van der Waals surface area contributed by atoms with Gasteiger partial charge < -0.3 is 14.5 Å². The highest BCUT2D eigenvalue weighted by molar-refractivity contribution is 7.10. The van der Waals surface area contributed by atoms with Gasteiger partial charge in [0.1, 0.15) is 11.7 Å². The molecule has 0 aromatic carbocycles. The lowest BCUT2D eigenvalue weighted by Gasteiger charge is -2.52. The van der Waals surface area contributed by atoms with E-state index in [-0.39, 0.29) is 23.1 Å². The van der Waals surface area contributed by atoms with Crippen molar-refractivity contribution in [2.45, 2.75) is 50.7 Å². The van der Waals surface area contributed by atoms with Crippen molar-refractivity contribution in [1.29, 1.82) is 0 Å². The van der Waals surface area contributed by atoms with Gasteiger partial charge in [-0.15, -0.1) is 11.3 Å². The van der Waals surface area contributed by atoms with E-state index < -0.39 is 5.54 Å². The second-order valence-electron chi connectivity index (χ2n) is 10.3. The molecule has 2 atom stereocenters. The molecule has 0 aliphatic carbocycles. The number of halogens is 1. The molecular formula is C25H33ClN5O3S+. The minimum atomic E-state index is -0.770. The summed E-state index contributed by atoms with van der Waals surface area (Å²) in [5.41, 5.74) is -0.770. The van der Waals surface area contributed by atoms with Crippen LogP contribution in [0.2, 0.25) is 5.15 Å². The Balaban J connectivity index is 1.28. The molecule has 0 radical (unpaired) electrons. The molecule has 2 aromatic heterocycles. The van der Waals surface area contributed by atoms with Crippen molar-refractivity contribution < 1.29 is 18.8 Å². The zero-order valence-corrected chi connectivity index (χ0v) is 21.7. The summed E-state index contributed by atoms with van der Waals surface area (Å²) in [6, 6.07) is 4.06. The van der Waals surface area contributed by atoms with Crippen LogP contribution in [-0.4, -0.2) is 76.6 Å². The summed E-state index contributed by atoms with van der Waals surface area (Å²) in [4.78, 5) is 38.1. The fourth-order valence-corrected chi connectivity index (χ4v) is 7.05. The highest BCUT2D eigenvalue weighted by Gasteiger charge is 2.51. The number of esters is 1. The van der Waals surface area contributed by atoms with Gasteiger partial charge in [0.2, 0.25) is 0 Å². The van der Waals surface area contributed by atoms with Gasteiger partial charge in [-0.05, 0) is 44.3 Å². The number of amides is 1. The molecule has 1 amide bonds. The molecule has 10 heteroatoms. The van der Waals surface area contributed by atoms with Gasteiger partial charge in [-0.25, -0.2) is 9.78 Å². The number of aromatic nitrogens is 2. The molecular weight excluding hydrogens is 486 g/mol. The zero-order valence-electron chi connectivity index (χ0n) is 20.1. The maximum absolute atomic E-state index is 13.8. The molecule has 188 valence electrons. The first-order valence-corrected chi connectivity index (χ1v) is 13.8. The number of anilines is 1. The van der Waals surface area contributed by atoms with Gasteiger partial charge in [0.15, 0.2) is 24.0 Å². The summed E-state index contributed by atoms with van der Waals surface area (Å²) in [6.45, 7) is 6.67. The van der Waals surface area contributed by atoms with E-state index in [1.165, 1.54) is 18.8 Å². The molecule has 0 saturated carbocycles. The molecule has 4 aliphatic heterocycles. The Morgan fingerprint density at radius 1 is 1.26 bits per heavy atom. The van der Waals surface area contributed by atoms with Gasteiger partial charge in [-0.2, -0.15) is 0 Å². The minimum absolute atomic E-state index is 0.122. The van der Waals surface area contributed by atoms with E-state index in [9.17, 15) is 9.59 Å². The second-order valence-corrected chi connectivity index (χ2v) is 11.6. The van der Waals surface area contributed by atoms with Crippen molar-refractivity contribution in [3.8, 4) is 0 Å². The van der Waals surface area contributed by atoms with E-state index in [0.717, 1.165) is 56.7 Å². The lowest BCUT2D eigenvalue weighted by molar-refractivity contribution is -0.939. The summed E-state index contributed by atoms with van der Waals surface area (Å²) in [5.74, 6) is 0.430. The molecule has 4 saturated heterocycles. The van der Waals surface area contributed by atoms with E-state index in [1.807, 2.05) is 24.4 Å². The fraction of sp³-hybridized carbons (Fsp3) is 0.600. The number of carbonyl (C=O) groups excluding carboxylic acids is 2. The Hall–Kier alpha value is -2.07. The number of likely N-dealkylation sites (tertiary alicyclic amines) is 1. The molecule has 6 heterocycles. The number of nitrogens with one attached hydrogen (secondary N) is 1. The summed E-state index contributed by atoms with van der Waals surface area (Å²) in [7, 11) is 0. The third-order valence-electron chi connectivity index (χ3n) is 8.04. The van der Waals surface area contributed by atoms with E-state index >= 15 is 0 Å². The summed E-state index contributed by atoms with van der Waals surface area (Å²) in [6.07, 6.45) is 8.08. The number of quaternary nitrogens is 1. The molecule has 2 bridgehead atoms. The van der Waals surface area contributed by atoms with E-state index in [2.05, 4.69) is 20.2 Å². The molecule has 4 aliphatic rings. The van der Waals surface area contributed by atoms with Gasteiger partial charge in [0, 0.05) is 23.6 Å². The number of nitrogens with zero attached hydrogens (tertiary/aromatic N) is 4. The average Bonchev–Trinajstić information content (AvgIpc) is 3.40. The number of thiophene rings is 1. The number of carbonyl (C=O) groups is 2. The first-order chi connectivity index (χ1) is 16.9. The Kier molecular flexibility index (Phi) is 7.12. The van der Waals surface area contributed by atoms with Crippen molar-refractivity contribution in [3.05, 3.63) is 39.9 Å². The predicted octanol–water partition coefficient (Wildman–Crippen LogP) is 3.68. The smallest absolute Gasteiger partial charge is 0.332 e. The lowest BCUT2D eigenvalue weighted by Crippen LogP contribution is -2.66. The van der Waals surface area contributed by atoms with Crippen LogP contribution in [0, 0.1) is 5.92 Å². The number of hydrogen-bond acceptors (Lipinski definition) is 7. The van der Waals surface area contributed by atoms with Crippen molar-refractivity contribution in [2.75, 3.05) is 44.6 Å². The Morgan fingerprint density at radius 3 is 2.71 bits per heavy atom. The fourth-order valence-electron chi connectivity index (χ4n) is 6.00. The summed E-state index contributed by atoms with van der Waals surface area (Å²) < 4.78 is 6.98. The van der Waals surface area contributed by atoms with Gasteiger partial charge in [-0.3, -0.25) is 14.7 Å². The predicted molar refractivity (Wildman–Crippen MR) is 135 cm³/mol. The van der Waals surface area contributed by atoms with Crippen LogP contribution in [0.15, 0.2) is 29.9 Å². The zero-order chi connectivity index (χ0) is 24.5. The minimum Gasteiger partial charge on any atom is -0.454 e. The molecule has 8 nitrogen and oxygen atoms in total. The van der Waals surface area contributed by atoms with Crippen molar-refractivity contribution in [1.82, 2.24) is 14.9 Å². The first-order valence-electron chi connectivity index (χ1n) is 12.5. The Labute approximate surface area is 215 Å². The third-order valence-corrected chi connectivity index (χ3v) is 9.30. The van der Waals surface area contributed by atoms with Crippen LogP contribution in [0.3, 0.4) is 0 Å². The number of ether oxygens (including phenoxy) is 1. The molecule has 4 fully saturated rings. The van der Waals surface area contributed by atoms with Gasteiger partial charge >= 0.3 is 5.97 Å². The molecule has 1 N–H and O–H groups in total. The lowest BCUT2D eigenvalue weighted by atomic mass is 9.83. The monoisotopic (exact) mass is 518 g/mol. The summed E-state index contributed by atoms with van der Waals surface area (Å²) >= 11 is 7.52. The maximum Gasteiger partial charge on any atom is 0.332 e. The number of rotatable bonds is 7. The largest absolute Gasteiger partial charge is 0.454 e. The van der Waals surface area contributed by atoms with Crippen LogP contribution in [0.5, 0.6) is 0 Å². The van der Waals surface area contributed by atoms with Crippen molar-refractivity contribution >= 4 is 40.6 Å². The molecule has 35 heavy (non-hydrogen) atoms. The first kappa shape index (κ1) is 24.6. The Morgan fingerprint density at radius 2 is 2.03 bits per heavy atom. The molecule has 2 aromatic rings. The second kappa shape index (κ2) is 10.1. The SMILES string of the molecule is CC(C(=O)O[C@H]1C[N+]2(CC(=O)Nc3cncc(Cl)n3)CCC1CC2)(c1cccs1)N1CCCCC1. The molecule has 6 rings (SSSR count). The van der Waals surface area contributed by atoms with Crippen LogP contribution >= 0.6 is 22.9 Å².